The summed E-state index contributed by atoms with van der Waals surface area (Å²) in [6.45, 7) is 0. The van der Waals surface area contributed by atoms with E-state index < -0.39 is 0 Å². The molecule has 33 heavy (non-hydrogen) atoms. The number of benzene rings is 5. The van der Waals surface area contributed by atoms with Crippen LogP contribution in [0.25, 0.3) is 60.6 Å². The highest BCUT2D eigenvalue weighted by Gasteiger charge is 2.16. The molecule has 0 aliphatic heterocycles. The topological polar surface area (TPSA) is 18.1 Å². The quantitative estimate of drug-likeness (QED) is 0.257. The molecule has 0 aliphatic rings. The Balaban J connectivity index is 1.53. The van der Waals surface area contributed by atoms with Crippen molar-refractivity contribution in [3.8, 4) is 16.8 Å². The minimum atomic E-state index is -0.160. The Labute approximate surface area is 203 Å². The Morgan fingerprint density at radius 3 is 2.18 bits per heavy atom. The van der Waals surface area contributed by atoms with Gasteiger partial charge >= 0.3 is 0 Å². The van der Waals surface area contributed by atoms with Crippen LogP contribution >= 0.6 is 11.6 Å². The maximum absolute atomic E-state index is 8.66. The lowest BCUT2D eigenvalue weighted by molar-refractivity contribution is 0.670. The van der Waals surface area contributed by atoms with Crippen molar-refractivity contribution < 1.29 is 12.6 Å². The third-order valence-electron chi connectivity index (χ3n) is 6.03. The molecule has 3 heteroatoms. The molecule has 0 saturated heterocycles. The lowest BCUT2D eigenvalue weighted by Crippen LogP contribution is -1.95. The summed E-state index contributed by atoms with van der Waals surface area (Å²) in [5.74, 6) is 0. The molecule has 0 saturated carbocycles. The van der Waals surface area contributed by atoms with E-state index in [1.54, 1.807) is 16.7 Å². The molecule has 156 valence electrons. The van der Waals surface area contributed by atoms with Gasteiger partial charge in [0.15, 0.2) is 0 Å². The molecular weight excluding hydrogens is 426 g/mol. The predicted octanol–water partition coefficient (Wildman–Crippen LogP) is 9.00. The zero-order chi connectivity index (χ0) is 27.2. The summed E-state index contributed by atoms with van der Waals surface area (Å²) >= 11 is 6.91. The van der Waals surface area contributed by atoms with Gasteiger partial charge in [-0.2, -0.15) is 0 Å². The molecule has 0 N–H and O–H groups in total. The number of hydrogen-bond donors (Lipinski definition) is 0. The Morgan fingerprint density at radius 1 is 0.697 bits per heavy atom. The predicted molar refractivity (Wildman–Crippen MR) is 139 cm³/mol. The van der Waals surface area contributed by atoms with Gasteiger partial charge in [-0.25, -0.2) is 0 Å². The van der Waals surface area contributed by atoms with E-state index in [2.05, 4.69) is 0 Å². The van der Waals surface area contributed by atoms with E-state index in [0.29, 0.717) is 10.7 Å². The molecule has 0 radical (unpaired) electrons. The Kier molecular flexibility index (Phi) is 2.87. The van der Waals surface area contributed by atoms with E-state index in [1.165, 1.54) is 12.1 Å². The molecule has 0 fully saturated rings. The molecule has 0 spiro atoms. The van der Waals surface area contributed by atoms with Crippen molar-refractivity contribution in [2.24, 2.45) is 0 Å². The van der Waals surface area contributed by atoms with Crippen LogP contribution in [0, 0.1) is 0 Å². The molecule has 0 atom stereocenters. The van der Waals surface area contributed by atoms with Gasteiger partial charge in [-0.05, 0) is 35.8 Å². The number of furan rings is 1. The minimum Gasteiger partial charge on any atom is -0.455 e. The van der Waals surface area contributed by atoms with Crippen LogP contribution in [0.2, 0.25) is 5.02 Å². The Hall–Kier alpha value is -4.01. The van der Waals surface area contributed by atoms with Crippen molar-refractivity contribution in [1.29, 1.82) is 0 Å². The van der Waals surface area contributed by atoms with Crippen molar-refractivity contribution >= 4 is 55.3 Å². The Bertz CT molecular complexity index is 2090. The van der Waals surface area contributed by atoms with Crippen molar-refractivity contribution in [3.05, 3.63) is 114 Å². The molecule has 0 bridgehead atoms. The summed E-state index contributed by atoms with van der Waals surface area (Å²) in [6, 6.07) is 21.1. The fourth-order valence-electron chi connectivity index (χ4n) is 4.59. The van der Waals surface area contributed by atoms with Gasteiger partial charge in [0, 0.05) is 27.1 Å². The highest BCUT2D eigenvalue weighted by atomic mass is 35.5. The summed E-state index contributed by atoms with van der Waals surface area (Å²) in [5, 5.41) is 2.74. The highest BCUT2D eigenvalue weighted by Crippen LogP contribution is 2.39. The van der Waals surface area contributed by atoms with E-state index in [-0.39, 0.29) is 58.1 Å². The van der Waals surface area contributed by atoms with Gasteiger partial charge in [-0.15, -0.1) is 0 Å². The molecular formula is C30H18ClNO. The van der Waals surface area contributed by atoms with Crippen LogP contribution in [0.5, 0.6) is 0 Å². The third kappa shape index (κ3) is 2.68. The van der Waals surface area contributed by atoms with Crippen molar-refractivity contribution in [2.75, 3.05) is 0 Å². The standard InChI is InChI=1S/C30H18ClNO/c31-25-18-19(20-11-7-12-24-23-10-3-6-15-29(23)33-30(20)24)16-17-28(25)32-26-13-4-1-8-21(26)22-9-2-5-14-27(22)32/h1-18H/i1D,2D,8D,9D,13D,14D. The molecule has 7 aromatic rings. The summed E-state index contributed by atoms with van der Waals surface area (Å²) in [5.41, 5.74) is 4.22. The average molecular weight is 450 g/mol. The average Bonchev–Trinajstić information content (AvgIpc) is 3.48. The van der Waals surface area contributed by atoms with E-state index in [9.17, 15) is 0 Å². The van der Waals surface area contributed by atoms with Crippen LogP contribution in [0.4, 0.5) is 0 Å². The number of para-hydroxylation sites is 4. The zero-order valence-electron chi connectivity index (χ0n) is 23.2. The molecule has 5 aromatic carbocycles. The van der Waals surface area contributed by atoms with Crippen LogP contribution in [-0.4, -0.2) is 4.57 Å². The number of rotatable bonds is 2. The fourth-order valence-corrected chi connectivity index (χ4v) is 4.85. The molecule has 0 aliphatic carbocycles. The first-order valence-electron chi connectivity index (χ1n) is 13.5. The Morgan fingerprint density at radius 2 is 1.42 bits per heavy atom. The molecule has 0 unspecified atom stereocenters. The lowest BCUT2D eigenvalue weighted by atomic mass is 10.0. The van der Waals surface area contributed by atoms with Crippen molar-refractivity contribution in [2.45, 2.75) is 0 Å². The molecule has 0 amide bonds. The molecule has 2 aromatic heterocycles. The monoisotopic (exact) mass is 449 g/mol. The smallest absolute Gasteiger partial charge is 0.143 e. The normalized spacial score (nSPS) is 14.3. The van der Waals surface area contributed by atoms with Gasteiger partial charge in [-0.1, -0.05) is 90.4 Å². The van der Waals surface area contributed by atoms with E-state index in [1.807, 2.05) is 48.5 Å². The summed E-state index contributed by atoms with van der Waals surface area (Å²) in [4.78, 5) is 0. The number of halogens is 1. The second-order valence-electron chi connectivity index (χ2n) is 7.85. The van der Waals surface area contributed by atoms with Crippen molar-refractivity contribution in [1.82, 2.24) is 4.57 Å². The maximum Gasteiger partial charge on any atom is 0.143 e. The van der Waals surface area contributed by atoms with Crippen LogP contribution in [-0.2, 0) is 0 Å². The largest absolute Gasteiger partial charge is 0.455 e. The number of hydrogen-bond acceptors (Lipinski definition) is 1. The fraction of sp³-hybridized carbons (Fsp3) is 0. The summed E-state index contributed by atoms with van der Waals surface area (Å²) in [7, 11) is 0. The van der Waals surface area contributed by atoms with Gasteiger partial charge in [0.1, 0.15) is 11.2 Å². The number of fused-ring (bicyclic) bond motifs is 6. The summed E-state index contributed by atoms with van der Waals surface area (Å²) < 4.78 is 58.6. The first-order chi connectivity index (χ1) is 18.8. The summed E-state index contributed by atoms with van der Waals surface area (Å²) in [6.07, 6.45) is 0. The zero-order valence-corrected chi connectivity index (χ0v) is 17.9. The van der Waals surface area contributed by atoms with Crippen LogP contribution in [0.3, 0.4) is 0 Å². The van der Waals surface area contributed by atoms with Crippen LogP contribution in [0.15, 0.2) is 113 Å². The third-order valence-corrected chi connectivity index (χ3v) is 6.33. The number of nitrogens with zero attached hydrogens (tertiary/aromatic N) is 1. The van der Waals surface area contributed by atoms with Gasteiger partial charge < -0.3 is 8.98 Å². The van der Waals surface area contributed by atoms with Gasteiger partial charge in [0.2, 0.25) is 0 Å². The first-order valence-corrected chi connectivity index (χ1v) is 10.9. The van der Waals surface area contributed by atoms with Gasteiger partial charge in [0.05, 0.1) is 30.0 Å². The van der Waals surface area contributed by atoms with E-state index in [4.69, 9.17) is 24.2 Å². The molecule has 7 rings (SSSR count). The minimum absolute atomic E-state index is 0.0280. The van der Waals surface area contributed by atoms with Gasteiger partial charge in [0.25, 0.3) is 0 Å². The first kappa shape index (κ1) is 13.5. The molecule has 2 nitrogen and oxygen atoms in total. The second kappa shape index (κ2) is 6.99. The van der Waals surface area contributed by atoms with Crippen LogP contribution in [0.1, 0.15) is 8.22 Å². The number of aromatic nitrogens is 1. The van der Waals surface area contributed by atoms with Crippen molar-refractivity contribution in [3.63, 3.8) is 0 Å². The van der Waals surface area contributed by atoms with E-state index >= 15 is 0 Å². The van der Waals surface area contributed by atoms with E-state index in [0.717, 1.165) is 33.1 Å². The van der Waals surface area contributed by atoms with Crippen LogP contribution < -0.4 is 0 Å². The van der Waals surface area contributed by atoms with Gasteiger partial charge in [-0.3, -0.25) is 0 Å². The maximum atomic E-state index is 8.66. The molecule has 2 heterocycles. The lowest BCUT2D eigenvalue weighted by Gasteiger charge is -2.12. The second-order valence-corrected chi connectivity index (χ2v) is 8.25. The SMILES string of the molecule is [2H]c1cc([2H])c2c(c1[2H])c1c([2H])c([2H])cc([2H])c1n2-c1ccc(-c2cccc3c2oc2ccccc23)cc1Cl. The highest BCUT2D eigenvalue weighted by molar-refractivity contribution is 6.33.